The minimum absolute atomic E-state index is 0.391. The Morgan fingerprint density at radius 2 is 2.09 bits per heavy atom. The third kappa shape index (κ3) is 3.70. The summed E-state index contributed by atoms with van der Waals surface area (Å²) in [5, 5.41) is 1.07. The Morgan fingerprint density at radius 3 is 2.77 bits per heavy atom. The van der Waals surface area contributed by atoms with Crippen molar-refractivity contribution in [1.82, 2.24) is 0 Å². The first-order valence-corrected chi connectivity index (χ1v) is 7.55. The Balaban J connectivity index is 2.40. The molecule has 4 heteroatoms. The van der Waals surface area contributed by atoms with Crippen molar-refractivity contribution in [1.29, 1.82) is 0 Å². The van der Waals surface area contributed by atoms with Gasteiger partial charge in [0.15, 0.2) is 0 Å². The number of benzene rings is 1. The largest absolute Gasteiger partial charge is 0.497 e. The number of carbonyl (C=O) groups is 1. The molecule has 0 spiro atoms. The highest BCUT2D eigenvalue weighted by Gasteiger charge is 2.13. The fourth-order valence-corrected chi connectivity index (χ4v) is 2.43. The molecular weight excluding hydrogens is 280 g/mol. The molecule has 0 aliphatic heterocycles. The lowest BCUT2D eigenvalue weighted by Gasteiger charge is -2.01. The van der Waals surface area contributed by atoms with E-state index in [9.17, 15) is 4.79 Å². The van der Waals surface area contributed by atoms with Crippen molar-refractivity contribution in [2.24, 2.45) is 0 Å². The van der Waals surface area contributed by atoms with Crippen LogP contribution in [0.4, 0.5) is 0 Å². The average Bonchev–Trinajstić information content (AvgIpc) is 2.89. The lowest BCUT2D eigenvalue weighted by Crippen LogP contribution is -1.93. The number of esters is 1. The third-order valence-electron chi connectivity index (χ3n) is 3.63. The predicted molar refractivity (Wildman–Crippen MR) is 87.0 cm³/mol. The van der Waals surface area contributed by atoms with Crippen molar-refractivity contribution >= 4 is 23.0 Å². The molecule has 22 heavy (non-hydrogen) atoms. The number of rotatable bonds is 7. The highest BCUT2D eigenvalue weighted by Crippen LogP contribution is 2.31. The molecule has 0 bridgehead atoms. The lowest BCUT2D eigenvalue weighted by molar-refractivity contribution is -0.134. The molecule has 0 aliphatic carbocycles. The third-order valence-corrected chi connectivity index (χ3v) is 3.63. The maximum absolute atomic E-state index is 11.3. The van der Waals surface area contributed by atoms with Crippen LogP contribution in [0, 0.1) is 0 Å². The van der Waals surface area contributed by atoms with Crippen molar-refractivity contribution in [2.45, 2.75) is 32.6 Å². The van der Waals surface area contributed by atoms with E-state index >= 15 is 0 Å². The molecular formula is C18H22O4. The fraction of sp³-hybridized carbons (Fsp3) is 0.389. The molecule has 0 atom stereocenters. The van der Waals surface area contributed by atoms with E-state index in [4.69, 9.17) is 9.15 Å². The summed E-state index contributed by atoms with van der Waals surface area (Å²) >= 11 is 0. The number of unbranched alkanes of at least 4 members (excludes halogenated alkanes) is 2. The molecule has 0 aliphatic rings. The van der Waals surface area contributed by atoms with E-state index < -0.39 is 5.97 Å². The van der Waals surface area contributed by atoms with Gasteiger partial charge in [0.05, 0.1) is 14.2 Å². The normalized spacial score (nSPS) is 11.2. The van der Waals surface area contributed by atoms with Gasteiger partial charge in [0.2, 0.25) is 0 Å². The van der Waals surface area contributed by atoms with Crippen LogP contribution in [0.15, 0.2) is 28.7 Å². The molecule has 0 fully saturated rings. The Labute approximate surface area is 130 Å². The standard InChI is InChI=1S/C18H22O4/c1-4-5-6-7-14-15-9-8-13(20-2)12-17(15)22-16(14)10-11-18(19)21-3/h8-12H,4-7H2,1-3H3/b11-10+. The summed E-state index contributed by atoms with van der Waals surface area (Å²) in [5.74, 6) is 1.08. The van der Waals surface area contributed by atoms with Gasteiger partial charge in [-0.15, -0.1) is 0 Å². The van der Waals surface area contributed by atoms with Crippen molar-refractivity contribution in [3.8, 4) is 5.75 Å². The quantitative estimate of drug-likeness (QED) is 0.433. The fourth-order valence-electron chi connectivity index (χ4n) is 2.43. The van der Waals surface area contributed by atoms with Gasteiger partial charge in [-0.3, -0.25) is 0 Å². The molecule has 0 unspecified atom stereocenters. The molecule has 2 aromatic rings. The molecule has 1 heterocycles. The monoisotopic (exact) mass is 302 g/mol. The molecule has 0 saturated carbocycles. The summed E-state index contributed by atoms with van der Waals surface area (Å²) in [6.45, 7) is 2.18. The van der Waals surface area contributed by atoms with E-state index in [1.807, 2.05) is 18.2 Å². The molecule has 1 aromatic carbocycles. The first-order valence-electron chi connectivity index (χ1n) is 7.55. The maximum Gasteiger partial charge on any atom is 0.330 e. The highest BCUT2D eigenvalue weighted by molar-refractivity contribution is 5.90. The summed E-state index contributed by atoms with van der Waals surface area (Å²) in [6.07, 6.45) is 7.42. The van der Waals surface area contributed by atoms with Gasteiger partial charge in [0.25, 0.3) is 0 Å². The average molecular weight is 302 g/mol. The molecule has 118 valence electrons. The molecule has 0 radical (unpaired) electrons. The molecule has 1 aromatic heterocycles. The van der Waals surface area contributed by atoms with Crippen LogP contribution in [-0.4, -0.2) is 20.2 Å². The van der Waals surface area contributed by atoms with Crippen LogP contribution in [0.3, 0.4) is 0 Å². The SMILES string of the molecule is CCCCCc1c(/C=C/C(=O)OC)oc2cc(OC)ccc12. The predicted octanol–water partition coefficient (Wildman–Crippen LogP) is 4.36. The van der Waals surface area contributed by atoms with Gasteiger partial charge < -0.3 is 13.9 Å². The summed E-state index contributed by atoms with van der Waals surface area (Å²) in [7, 11) is 2.99. The Hall–Kier alpha value is -2.23. The van der Waals surface area contributed by atoms with E-state index in [1.165, 1.54) is 19.6 Å². The van der Waals surface area contributed by atoms with Crippen LogP contribution in [-0.2, 0) is 16.0 Å². The zero-order valence-electron chi connectivity index (χ0n) is 13.3. The lowest BCUT2D eigenvalue weighted by atomic mass is 10.0. The highest BCUT2D eigenvalue weighted by atomic mass is 16.5. The molecule has 2 rings (SSSR count). The van der Waals surface area contributed by atoms with E-state index in [0.717, 1.165) is 41.5 Å². The number of ether oxygens (including phenoxy) is 2. The molecule has 0 saturated heterocycles. The van der Waals surface area contributed by atoms with Crippen LogP contribution in [0.1, 0.15) is 37.5 Å². The van der Waals surface area contributed by atoms with Crippen molar-refractivity contribution in [3.63, 3.8) is 0 Å². The topological polar surface area (TPSA) is 48.7 Å². The second kappa shape index (κ2) is 7.69. The van der Waals surface area contributed by atoms with E-state index in [2.05, 4.69) is 11.7 Å². The summed E-state index contributed by atoms with van der Waals surface area (Å²) in [4.78, 5) is 11.3. The number of furan rings is 1. The minimum Gasteiger partial charge on any atom is -0.497 e. The number of hydrogen-bond acceptors (Lipinski definition) is 4. The van der Waals surface area contributed by atoms with E-state index in [1.54, 1.807) is 13.2 Å². The van der Waals surface area contributed by atoms with Gasteiger partial charge in [0.1, 0.15) is 17.1 Å². The van der Waals surface area contributed by atoms with Crippen molar-refractivity contribution < 1.29 is 18.7 Å². The number of fused-ring (bicyclic) bond motifs is 1. The van der Waals surface area contributed by atoms with Gasteiger partial charge in [-0.05, 0) is 31.1 Å². The second-order valence-corrected chi connectivity index (χ2v) is 5.12. The molecule has 0 amide bonds. The van der Waals surface area contributed by atoms with E-state index in [-0.39, 0.29) is 0 Å². The second-order valence-electron chi connectivity index (χ2n) is 5.12. The Morgan fingerprint density at radius 1 is 1.27 bits per heavy atom. The van der Waals surface area contributed by atoms with Crippen LogP contribution < -0.4 is 4.74 Å². The molecule has 0 N–H and O–H groups in total. The van der Waals surface area contributed by atoms with Gasteiger partial charge >= 0.3 is 5.97 Å². The summed E-state index contributed by atoms with van der Waals surface area (Å²) in [5.41, 5.74) is 1.90. The molecule has 4 nitrogen and oxygen atoms in total. The van der Waals surface area contributed by atoms with Crippen LogP contribution in [0.25, 0.3) is 17.0 Å². The van der Waals surface area contributed by atoms with Crippen molar-refractivity contribution in [3.05, 3.63) is 35.6 Å². The van der Waals surface area contributed by atoms with E-state index in [0.29, 0.717) is 5.76 Å². The smallest absolute Gasteiger partial charge is 0.330 e. The number of aryl methyl sites for hydroxylation is 1. The first-order chi connectivity index (χ1) is 10.7. The number of hydrogen-bond donors (Lipinski definition) is 0. The van der Waals surface area contributed by atoms with Crippen LogP contribution >= 0.6 is 0 Å². The van der Waals surface area contributed by atoms with Gasteiger partial charge in [-0.25, -0.2) is 4.79 Å². The maximum atomic E-state index is 11.3. The van der Waals surface area contributed by atoms with Gasteiger partial charge in [-0.2, -0.15) is 0 Å². The Kier molecular flexibility index (Phi) is 5.64. The van der Waals surface area contributed by atoms with Gasteiger partial charge in [0, 0.05) is 23.1 Å². The summed E-state index contributed by atoms with van der Waals surface area (Å²) in [6, 6.07) is 5.80. The number of carbonyl (C=O) groups excluding carboxylic acids is 1. The van der Waals surface area contributed by atoms with Crippen LogP contribution in [0.2, 0.25) is 0 Å². The zero-order valence-corrected chi connectivity index (χ0v) is 13.3. The number of methoxy groups -OCH3 is 2. The van der Waals surface area contributed by atoms with Crippen LogP contribution in [0.5, 0.6) is 5.75 Å². The summed E-state index contributed by atoms with van der Waals surface area (Å²) < 4.78 is 15.8. The van der Waals surface area contributed by atoms with Gasteiger partial charge in [-0.1, -0.05) is 19.8 Å². The minimum atomic E-state index is -0.391. The Bertz CT molecular complexity index is 667. The zero-order chi connectivity index (χ0) is 15.9. The first kappa shape index (κ1) is 16.1. The van der Waals surface area contributed by atoms with Crippen molar-refractivity contribution in [2.75, 3.05) is 14.2 Å².